The largest absolute Gasteiger partial charge is 0.142 e. The smallest absolute Gasteiger partial charge is 0.0994 e. The van der Waals surface area contributed by atoms with Crippen molar-refractivity contribution in [3.63, 3.8) is 0 Å². The summed E-state index contributed by atoms with van der Waals surface area (Å²) in [5.74, 6) is 0. The second-order valence-electron chi connectivity index (χ2n) is 3.95. The lowest BCUT2D eigenvalue weighted by molar-refractivity contribution is 1.19. The van der Waals surface area contributed by atoms with Gasteiger partial charge >= 0.3 is 0 Å². The Morgan fingerprint density at radius 1 is 1.16 bits per heavy atom. The van der Waals surface area contributed by atoms with Gasteiger partial charge < -0.3 is 0 Å². The van der Waals surface area contributed by atoms with Crippen LogP contribution in [0.2, 0.25) is 8.67 Å². The number of thiophene rings is 2. The van der Waals surface area contributed by atoms with Gasteiger partial charge in [-0.2, -0.15) is 0 Å². The van der Waals surface area contributed by atoms with Crippen LogP contribution in [-0.2, 0) is 0 Å². The van der Waals surface area contributed by atoms with Crippen LogP contribution in [0.1, 0.15) is 16.5 Å². The third kappa shape index (κ3) is 2.57. The molecule has 1 unspecified atom stereocenters. The first-order valence-corrected chi connectivity index (χ1v) is 9.00. The molecule has 0 N–H and O–H groups in total. The summed E-state index contributed by atoms with van der Waals surface area (Å²) in [6.07, 6.45) is 0. The Morgan fingerprint density at radius 2 is 1.95 bits per heavy atom. The molecule has 2 heterocycles. The average molecular weight is 413 g/mol. The van der Waals surface area contributed by atoms with Crippen LogP contribution in [0.3, 0.4) is 0 Å². The van der Waals surface area contributed by atoms with E-state index in [9.17, 15) is 0 Å². The Bertz CT molecular complexity index is 748. The molecule has 0 fully saturated rings. The first-order chi connectivity index (χ1) is 9.08. The molecule has 3 rings (SSSR count). The summed E-state index contributed by atoms with van der Waals surface area (Å²) in [4.78, 5) is 0. The van der Waals surface area contributed by atoms with Gasteiger partial charge in [0.15, 0.2) is 0 Å². The van der Waals surface area contributed by atoms with Crippen LogP contribution in [0.4, 0.5) is 0 Å². The highest BCUT2D eigenvalue weighted by molar-refractivity contribution is 9.10. The fourth-order valence-corrected chi connectivity index (χ4v) is 5.66. The van der Waals surface area contributed by atoms with Crippen molar-refractivity contribution in [2.24, 2.45) is 0 Å². The van der Waals surface area contributed by atoms with Gasteiger partial charge in [-0.25, -0.2) is 0 Å². The fraction of sp³-hybridized carbons (Fsp3) is 0.0769. The van der Waals surface area contributed by atoms with E-state index >= 15 is 0 Å². The third-order valence-electron chi connectivity index (χ3n) is 2.81. The molecule has 98 valence electrons. The molecule has 6 heteroatoms. The average Bonchev–Trinajstić information content (AvgIpc) is 2.93. The monoisotopic (exact) mass is 410 g/mol. The van der Waals surface area contributed by atoms with E-state index in [4.69, 9.17) is 34.8 Å². The first-order valence-electron chi connectivity index (χ1n) is 5.32. The van der Waals surface area contributed by atoms with Crippen LogP contribution in [-0.4, -0.2) is 0 Å². The normalized spacial score (nSPS) is 13.1. The second kappa shape index (κ2) is 5.55. The minimum Gasteiger partial charge on any atom is -0.142 e. The molecule has 0 aliphatic heterocycles. The zero-order valence-electron chi connectivity index (χ0n) is 9.29. The van der Waals surface area contributed by atoms with Gasteiger partial charge in [0.25, 0.3) is 0 Å². The number of alkyl halides is 1. The van der Waals surface area contributed by atoms with E-state index in [1.165, 1.54) is 16.0 Å². The van der Waals surface area contributed by atoms with Gasteiger partial charge in [0.1, 0.15) is 0 Å². The Labute approximate surface area is 142 Å². The number of hydrogen-bond acceptors (Lipinski definition) is 2. The van der Waals surface area contributed by atoms with Crippen LogP contribution >= 0.6 is 73.4 Å². The molecular weight excluding hydrogens is 407 g/mol. The Hall–Kier alpha value is 0.230. The highest BCUT2D eigenvalue weighted by Crippen LogP contribution is 2.44. The van der Waals surface area contributed by atoms with E-state index in [-0.39, 0.29) is 5.38 Å². The molecular formula is C13H6BrCl3S2. The number of rotatable bonds is 2. The Morgan fingerprint density at radius 3 is 2.63 bits per heavy atom. The number of halogens is 4. The summed E-state index contributed by atoms with van der Waals surface area (Å²) in [6.45, 7) is 0. The number of hydrogen-bond donors (Lipinski definition) is 0. The predicted octanol–water partition coefficient (Wildman–Crippen LogP) is 7.36. The maximum atomic E-state index is 6.58. The third-order valence-corrected chi connectivity index (χ3v) is 6.77. The Balaban J connectivity index is 2.14. The van der Waals surface area contributed by atoms with Crippen LogP contribution in [0.15, 0.2) is 34.1 Å². The zero-order valence-corrected chi connectivity index (χ0v) is 14.8. The van der Waals surface area contributed by atoms with Crippen molar-refractivity contribution in [3.8, 4) is 0 Å². The lowest BCUT2D eigenvalue weighted by atomic mass is 10.1. The summed E-state index contributed by atoms with van der Waals surface area (Å²) in [7, 11) is 0. The minimum atomic E-state index is -0.278. The highest BCUT2D eigenvalue weighted by atomic mass is 79.9. The van der Waals surface area contributed by atoms with E-state index in [0.29, 0.717) is 8.67 Å². The highest BCUT2D eigenvalue weighted by Gasteiger charge is 2.20. The van der Waals surface area contributed by atoms with Crippen molar-refractivity contribution in [2.45, 2.75) is 5.38 Å². The molecule has 0 aliphatic carbocycles. The molecule has 0 saturated heterocycles. The van der Waals surface area contributed by atoms with Crippen LogP contribution in [0.5, 0.6) is 0 Å². The molecule has 0 bridgehead atoms. The molecule has 19 heavy (non-hydrogen) atoms. The molecule has 0 spiro atoms. The van der Waals surface area contributed by atoms with Gasteiger partial charge in [0, 0.05) is 14.7 Å². The molecule has 1 aromatic carbocycles. The molecule has 0 nitrogen and oxygen atoms in total. The minimum absolute atomic E-state index is 0.278. The molecule has 3 aromatic rings. The van der Waals surface area contributed by atoms with E-state index in [1.54, 1.807) is 11.3 Å². The quantitative estimate of drug-likeness (QED) is 0.386. The van der Waals surface area contributed by atoms with Gasteiger partial charge in [0.05, 0.1) is 14.0 Å². The number of benzene rings is 1. The van der Waals surface area contributed by atoms with E-state index < -0.39 is 0 Å². The van der Waals surface area contributed by atoms with Gasteiger partial charge in [-0.05, 0) is 44.4 Å². The Kier molecular flexibility index (Phi) is 4.14. The molecule has 0 aliphatic rings. The van der Waals surface area contributed by atoms with Gasteiger partial charge in [0.2, 0.25) is 0 Å². The van der Waals surface area contributed by atoms with Crippen molar-refractivity contribution in [1.82, 2.24) is 0 Å². The molecule has 2 aromatic heterocycles. The summed E-state index contributed by atoms with van der Waals surface area (Å²) in [6, 6.07) is 7.95. The summed E-state index contributed by atoms with van der Waals surface area (Å²) in [5.41, 5.74) is 1.94. The van der Waals surface area contributed by atoms with E-state index in [1.807, 2.05) is 18.2 Å². The molecule has 0 radical (unpaired) electrons. The topological polar surface area (TPSA) is 0 Å². The van der Waals surface area contributed by atoms with E-state index in [0.717, 1.165) is 21.0 Å². The molecule has 1 atom stereocenters. The van der Waals surface area contributed by atoms with Gasteiger partial charge in [-0.1, -0.05) is 35.3 Å². The maximum Gasteiger partial charge on any atom is 0.0994 e. The number of fused-ring (bicyclic) bond motifs is 1. The van der Waals surface area contributed by atoms with Gasteiger partial charge in [-0.3, -0.25) is 0 Å². The van der Waals surface area contributed by atoms with Crippen molar-refractivity contribution < 1.29 is 0 Å². The van der Waals surface area contributed by atoms with Gasteiger partial charge in [-0.15, -0.1) is 34.3 Å². The summed E-state index contributed by atoms with van der Waals surface area (Å²) >= 11 is 25.3. The van der Waals surface area contributed by atoms with Crippen molar-refractivity contribution in [2.75, 3.05) is 0 Å². The van der Waals surface area contributed by atoms with Crippen LogP contribution in [0.25, 0.3) is 10.1 Å². The van der Waals surface area contributed by atoms with Crippen LogP contribution < -0.4 is 0 Å². The fourth-order valence-electron chi connectivity index (χ4n) is 1.93. The predicted molar refractivity (Wildman–Crippen MR) is 91.6 cm³/mol. The maximum absolute atomic E-state index is 6.58. The lowest BCUT2D eigenvalue weighted by Gasteiger charge is -2.07. The van der Waals surface area contributed by atoms with Crippen molar-refractivity contribution in [3.05, 3.63) is 53.9 Å². The second-order valence-corrected chi connectivity index (χ2v) is 8.41. The van der Waals surface area contributed by atoms with Crippen LogP contribution in [0, 0.1) is 0 Å². The summed E-state index contributed by atoms with van der Waals surface area (Å²) < 4.78 is 3.59. The van der Waals surface area contributed by atoms with Crippen molar-refractivity contribution in [1.29, 1.82) is 0 Å². The van der Waals surface area contributed by atoms with E-state index in [2.05, 4.69) is 27.4 Å². The molecule has 0 saturated carbocycles. The standard InChI is InChI=1S/C13H6BrCl3S2/c14-9-3-1-2-6-8(5-18-12(6)9)11(16)7-4-10(15)19-13(7)17/h1-5,11H. The zero-order chi connectivity index (χ0) is 13.6. The summed E-state index contributed by atoms with van der Waals surface area (Å²) in [5, 5.41) is 2.95. The van der Waals surface area contributed by atoms with Crippen molar-refractivity contribution >= 4 is 83.5 Å². The first kappa shape index (κ1) is 14.2. The molecule has 0 amide bonds. The SMILES string of the molecule is Clc1cc(C(Cl)c2csc3c(Br)cccc23)c(Cl)s1. The lowest BCUT2D eigenvalue weighted by Crippen LogP contribution is -1.90.